The van der Waals surface area contributed by atoms with Gasteiger partial charge in [-0.2, -0.15) is 10.1 Å². The molecule has 5 rings (SSSR count). The van der Waals surface area contributed by atoms with Crippen molar-refractivity contribution >= 4 is 34.8 Å². The topological polar surface area (TPSA) is 104 Å². The van der Waals surface area contributed by atoms with E-state index in [2.05, 4.69) is 25.1 Å². The zero-order chi connectivity index (χ0) is 20.7. The first kappa shape index (κ1) is 18.6. The van der Waals surface area contributed by atoms with Gasteiger partial charge in [0.05, 0.1) is 17.5 Å². The second kappa shape index (κ2) is 7.42. The Morgan fingerprint density at radius 2 is 2.00 bits per heavy atom. The summed E-state index contributed by atoms with van der Waals surface area (Å²) in [5.74, 6) is -0.0324. The van der Waals surface area contributed by atoms with Crippen LogP contribution in [0.3, 0.4) is 0 Å². The molecule has 0 aromatic carbocycles. The number of halogens is 1. The molecule has 0 bridgehead atoms. The minimum atomic E-state index is -0.0324. The Bertz CT molecular complexity index is 1210. The van der Waals surface area contributed by atoms with Gasteiger partial charge in [-0.15, -0.1) is 0 Å². The van der Waals surface area contributed by atoms with E-state index in [0.29, 0.717) is 54.1 Å². The summed E-state index contributed by atoms with van der Waals surface area (Å²) in [5, 5.41) is 7.11. The van der Waals surface area contributed by atoms with E-state index in [9.17, 15) is 4.79 Å². The quantitative estimate of drug-likeness (QED) is 0.505. The van der Waals surface area contributed by atoms with Gasteiger partial charge in [-0.3, -0.25) is 14.9 Å². The summed E-state index contributed by atoms with van der Waals surface area (Å²) < 4.78 is 5.78. The van der Waals surface area contributed by atoms with Gasteiger partial charge in [-0.1, -0.05) is 11.6 Å². The van der Waals surface area contributed by atoms with Crippen molar-refractivity contribution in [3.8, 4) is 11.3 Å². The van der Waals surface area contributed by atoms with Crippen molar-refractivity contribution < 1.29 is 9.21 Å². The molecule has 1 aliphatic heterocycles. The number of hydrogen-bond acceptors (Lipinski definition) is 7. The summed E-state index contributed by atoms with van der Waals surface area (Å²) in [7, 11) is 0. The fourth-order valence-corrected chi connectivity index (χ4v) is 3.72. The van der Waals surface area contributed by atoms with Gasteiger partial charge in [-0.25, -0.2) is 4.98 Å². The Balaban J connectivity index is 1.28. The summed E-state index contributed by atoms with van der Waals surface area (Å²) in [6.07, 6.45) is 5.12. The zero-order valence-electron chi connectivity index (χ0n) is 16.2. The van der Waals surface area contributed by atoms with Gasteiger partial charge in [0.1, 0.15) is 5.15 Å². The van der Waals surface area contributed by atoms with E-state index in [-0.39, 0.29) is 5.91 Å². The summed E-state index contributed by atoms with van der Waals surface area (Å²) in [5.41, 5.74) is 4.29. The maximum absolute atomic E-state index is 13.0. The highest BCUT2D eigenvalue weighted by atomic mass is 35.5. The highest BCUT2D eigenvalue weighted by molar-refractivity contribution is 6.29. The van der Waals surface area contributed by atoms with Crippen LogP contribution in [0.2, 0.25) is 5.15 Å². The van der Waals surface area contributed by atoms with Crippen LogP contribution < -0.4 is 4.90 Å². The molecule has 0 radical (unpaired) electrons. The number of aromatic amines is 1. The Hall–Kier alpha value is -3.46. The number of aryl methyl sites for hydroxylation is 1. The molecule has 0 unspecified atom stereocenters. The number of nitrogens with one attached hydrogen (secondary N) is 1. The maximum atomic E-state index is 13.0. The summed E-state index contributed by atoms with van der Waals surface area (Å²) in [6, 6.07) is 5.79. The number of aromatic nitrogens is 5. The van der Waals surface area contributed by atoms with Crippen molar-refractivity contribution in [2.45, 2.75) is 6.92 Å². The first-order chi connectivity index (χ1) is 14.6. The van der Waals surface area contributed by atoms with E-state index in [1.54, 1.807) is 30.7 Å². The van der Waals surface area contributed by atoms with Crippen LogP contribution in [0.4, 0.5) is 6.01 Å². The number of hydrogen-bond donors (Lipinski definition) is 1. The third-order valence-corrected chi connectivity index (χ3v) is 5.35. The van der Waals surface area contributed by atoms with Gasteiger partial charge in [-0.05, 0) is 30.7 Å². The van der Waals surface area contributed by atoms with Crippen LogP contribution in [0.5, 0.6) is 0 Å². The van der Waals surface area contributed by atoms with E-state index in [1.165, 1.54) is 0 Å². The maximum Gasteiger partial charge on any atom is 0.300 e. The predicted molar refractivity (Wildman–Crippen MR) is 111 cm³/mol. The van der Waals surface area contributed by atoms with Crippen molar-refractivity contribution in [3.05, 3.63) is 53.1 Å². The molecule has 1 amide bonds. The van der Waals surface area contributed by atoms with Crippen LogP contribution >= 0.6 is 11.6 Å². The minimum Gasteiger partial charge on any atom is -0.422 e. The molecule has 1 saturated heterocycles. The highest BCUT2D eigenvalue weighted by Gasteiger charge is 2.25. The number of nitrogens with zero attached hydrogens (tertiary/aromatic N) is 6. The van der Waals surface area contributed by atoms with Crippen molar-refractivity contribution in [1.82, 2.24) is 30.0 Å². The second-order valence-electron chi connectivity index (χ2n) is 7.11. The number of amides is 1. The summed E-state index contributed by atoms with van der Waals surface area (Å²) >= 11 is 5.92. The van der Waals surface area contributed by atoms with Gasteiger partial charge in [0.15, 0.2) is 5.58 Å². The molecule has 1 N–H and O–H groups in total. The van der Waals surface area contributed by atoms with Crippen molar-refractivity contribution in [1.29, 1.82) is 0 Å². The SMILES string of the molecule is Cc1cc(C(=O)N2CCN(c3nc4nc(Cl)ccc4o3)CC2)cnc1-c1cn[nH]c1. The molecule has 0 aliphatic carbocycles. The molecule has 0 spiro atoms. The van der Waals surface area contributed by atoms with Gasteiger partial charge in [0, 0.05) is 44.1 Å². The molecular formula is C20H18ClN7O2. The van der Waals surface area contributed by atoms with E-state index in [0.717, 1.165) is 16.8 Å². The molecule has 5 heterocycles. The number of piperazine rings is 1. The lowest BCUT2D eigenvalue weighted by molar-refractivity contribution is 0.0744. The van der Waals surface area contributed by atoms with Gasteiger partial charge in [0.25, 0.3) is 11.9 Å². The van der Waals surface area contributed by atoms with Gasteiger partial charge >= 0.3 is 0 Å². The van der Waals surface area contributed by atoms with Crippen molar-refractivity contribution in [2.24, 2.45) is 0 Å². The molecule has 1 aliphatic rings. The Morgan fingerprint density at radius 1 is 1.17 bits per heavy atom. The standard InChI is InChI=1S/C20H18ClN7O2/c1-12-8-13(9-22-17(12)14-10-23-24-11-14)19(29)27-4-6-28(7-5-27)20-26-18-15(30-20)2-3-16(21)25-18/h2-3,8-11H,4-7H2,1H3,(H,23,24). The van der Waals surface area contributed by atoms with Crippen LogP contribution in [-0.2, 0) is 0 Å². The van der Waals surface area contributed by atoms with E-state index >= 15 is 0 Å². The number of anilines is 1. The summed E-state index contributed by atoms with van der Waals surface area (Å²) in [6.45, 7) is 4.30. The molecule has 4 aromatic heterocycles. The first-order valence-electron chi connectivity index (χ1n) is 9.51. The Kier molecular flexibility index (Phi) is 4.59. The second-order valence-corrected chi connectivity index (χ2v) is 7.50. The van der Waals surface area contributed by atoms with Crippen LogP contribution in [-0.4, -0.2) is 62.1 Å². The average Bonchev–Trinajstić information content (AvgIpc) is 3.43. The van der Waals surface area contributed by atoms with Crippen molar-refractivity contribution in [3.63, 3.8) is 0 Å². The third kappa shape index (κ3) is 3.37. The van der Waals surface area contributed by atoms with Crippen LogP contribution in [0.15, 0.2) is 41.2 Å². The average molecular weight is 424 g/mol. The number of fused-ring (bicyclic) bond motifs is 1. The third-order valence-electron chi connectivity index (χ3n) is 5.14. The zero-order valence-corrected chi connectivity index (χ0v) is 16.9. The predicted octanol–water partition coefficient (Wildman–Crippen LogP) is 2.93. The van der Waals surface area contributed by atoms with E-state index in [4.69, 9.17) is 16.0 Å². The lowest BCUT2D eigenvalue weighted by atomic mass is 10.1. The molecule has 10 heteroatoms. The number of oxazole rings is 1. The molecule has 30 heavy (non-hydrogen) atoms. The molecule has 9 nitrogen and oxygen atoms in total. The number of carbonyl (C=O) groups is 1. The smallest absolute Gasteiger partial charge is 0.300 e. The molecule has 1 fully saturated rings. The molecule has 0 saturated carbocycles. The monoisotopic (exact) mass is 423 g/mol. The van der Waals surface area contributed by atoms with Gasteiger partial charge in [0.2, 0.25) is 5.65 Å². The van der Waals surface area contributed by atoms with E-state index < -0.39 is 0 Å². The fraction of sp³-hybridized carbons (Fsp3) is 0.250. The van der Waals surface area contributed by atoms with Crippen LogP contribution in [0.1, 0.15) is 15.9 Å². The number of rotatable bonds is 3. The fourth-order valence-electron chi connectivity index (χ4n) is 3.58. The number of H-pyrrole nitrogens is 1. The highest BCUT2D eigenvalue weighted by Crippen LogP contribution is 2.24. The largest absolute Gasteiger partial charge is 0.422 e. The van der Waals surface area contributed by atoms with Gasteiger partial charge < -0.3 is 14.2 Å². The first-order valence-corrected chi connectivity index (χ1v) is 9.89. The Labute approximate surface area is 176 Å². The molecule has 152 valence electrons. The summed E-state index contributed by atoms with van der Waals surface area (Å²) in [4.78, 5) is 29.8. The van der Waals surface area contributed by atoms with Crippen LogP contribution in [0.25, 0.3) is 22.5 Å². The molecule has 0 atom stereocenters. The lowest BCUT2D eigenvalue weighted by Gasteiger charge is -2.33. The van der Waals surface area contributed by atoms with Crippen molar-refractivity contribution in [2.75, 3.05) is 31.1 Å². The lowest BCUT2D eigenvalue weighted by Crippen LogP contribution is -2.49. The van der Waals surface area contributed by atoms with Crippen LogP contribution in [0, 0.1) is 6.92 Å². The Morgan fingerprint density at radius 3 is 2.73 bits per heavy atom. The number of pyridine rings is 2. The van der Waals surface area contributed by atoms with E-state index in [1.807, 2.05) is 22.8 Å². The molecule has 4 aromatic rings. The molecular weight excluding hydrogens is 406 g/mol. The normalized spacial score (nSPS) is 14.5. The minimum absolute atomic E-state index is 0.0324. The number of carbonyl (C=O) groups excluding carboxylic acids is 1.